The first-order chi connectivity index (χ1) is 19.3. The van der Waals surface area contributed by atoms with E-state index in [1.807, 2.05) is 62.5 Å². The number of nitrogens with one attached hydrogen (secondary N) is 1. The van der Waals surface area contributed by atoms with E-state index in [0.29, 0.717) is 19.2 Å². The number of hydrogen-bond donors (Lipinski definition) is 2. The van der Waals surface area contributed by atoms with Crippen molar-refractivity contribution < 1.29 is 14.6 Å². The lowest BCUT2D eigenvalue weighted by atomic mass is 9.88. The molecule has 0 amide bonds. The number of carbonyl (C=O) groups is 1. The second-order valence-electron chi connectivity index (χ2n) is 11.5. The summed E-state index contributed by atoms with van der Waals surface area (Å²) in [6, 6.07) is 14.4. The van der Waals surface area contributed by atoms with Gasteiger partial charge in [-0.3, -0.25) is 4.90 Å². The molecule has 2 aromatic rings. The number of piperidine rings is 1. The summed E-state index contributed by atoms with van der Waals surface area (Å²) in [5, 5.41) is 14.9. The molecule has 0 aromatic heterocycles. The molecule has 3 heterocycles. The minimum atomic E-state index is -0.930. The number of likely N-dealkylation sites (tertiary alicyclic amines) is 1. The molecule has 1 unspecified atom stereocenters. The highest BCUT2D eigenvalue weighted by molar-refractivity contribution is 6.30. The maximum atomic E-state index is 11.4. The third kappa shape index (κ3) is 6.87. The van der Waals surface area contributed by atoms with Crippen LogP contribution in [0.5, 0.6) is 5.75 Å². The summed E-state index contributed by atoms with van der Waals surface area (Å²) in [6.07, 6.45) is 12.6. The van der Waals surface area contributed by atoms with Gasteiger partial charge in [0.05, 0.1) is 18.2 Å². The highest BCUT2D eigenvalue weighted by Gasteiger charge is 2.29. The standard InChI is InChI=1S/C33H40ClN3O3/c1-33(2,39)25-9-12-32-30(21-25)28(29-5-3-15-35-31(29)23-40-32)6-4-16-36-17-13-27(14-18-36)37(19-20-38)22-24-7-10-26(34)11-8-24/h3,5-12,15,20-21,27,31,35,39H,4,13-14,16-19,22-23H2,1-2H3/b28-6+. The monoisotopic (exact) mass is 561 g/mol. The van der Waals surface area contributed by atoms with Crippen LogP contribution in [0.25, 0.3) is 5.57 Å². The fourth-order valence-electron chi connectivity index (χ4n) is 5.91. The summed E-state index contributed by atoms with van der Waals surface area (Å²) in [5.74, 6) is 0.855. The van der Waals surface area contributed by atoms with Crippen molar-refractivity contribution in [2.75, 3.05) is 32.8 Å². The number of ether oxygens (including phenoxy) is 1. The number of carbonyl (C=O) groups excluding carboxylic acids is 1. The van der Waals surface area contributed by atoms with E-state index >= 15 is 0 Å². The number of aliphatic hydroxyl groups is 1. The van der Waals surface area contributed by atoms with Gasteiger partial charge in [0.2, 0.25) is 0 Å². The number of allylic oxidation sites excluding steroid dienone is 2. The van der Waals surface area contributed by atoms with Crippen molar-refractivity contribution >= 4 is 23.5 Å². The van der Waals surface area contributed by atoms with Gasteiger partial charge < -0.3 is 24.9 Å². The Balaban J connectivity index is 1.26. The summed E-state index contributed by atoms with van der Waals surface area (Å²) >= 11 is 6.05. The molecule has 6 nitrogen and oxygen atoms in total. The van der Waals surface area contributed by atoms with E-state index in [9.17, 15) is 9.90 Å². The Hall–Kier alpha value is -2.90. The molecular weight excluding hydrogens is 522 g/mol. The van der Waals surface area contributed by atoms with E-state index in [1.54, 1.807) is 0 Å². The highest BCUT2D eigenvalue weighted by atomic mass is 35.5. The molecule has 5 rings (SSSR count). The zero-order valence-electron chi connectivity index (χ0n) is 23.5. The molecule has 212 valence electrons. The third-order valence-corrected chi connectivity index (χ3v) is 8.46. The van der Waals surface area contributed by atoms with E-state index in [2.05, 4.69) is 33.3 Å². The van der Waals surface area contributed by atoms with Gasteiger partial charge in [-0.1, -0.05) is 42.0 Å². The Morgan fingerprint density at radius 2 is 1.95 bits per heavy atom. The normalized spacial score (nSPS) is 20.8. The van der Waals surface area contributed by atoms with Gasteiger partial charge in [0.25, 0.3) is 0 Å². The average Bonchev–Trinajstić information content (AvgIpc) is 3.10. The minimum Gasteiger partial charge on any atom is -0.490 e. The number of benzene rings is 2. The maximum absolute atomic E-state index is 11.4. The Bertz CT molecular complexity index is 1270. The molecule has 1 fully saturated rings. The maximum Gasteiger partial charge on any atom is 0.134 e. The molecule has 0 aliphatic carbocycles. The number of fused-ring (bicyclic) bond motifs is 2. The van der Waals surface area contributed by atoms with Crippen LogP contribution in [0.2, 0.25) is 5.02 Å². The Kier molecular flexibility index (Phi) is 9.11. The molecule has 1 atom stereocenters. The van der Waals surface area contributed by atoms with Crippen molar-refractivity contribution in [1.29, 1.82) is 0 Å². The van der Waals surface area contributed by atoms with Crippen LogP contribution in [-0.4, -0.2) is 66.1 Å². The molecular formula is C33H40ClN3O3. The van der Waals surface area contributed by atoms with Crippen LogP contribution in [0.3, 0.4) is 0 Å². The predicted molar refractivity (Wildman–Crippen MR) is 161 cm³/mol. The summed E-state index contributed by atoms with van der Waals surface area (Å²) in [5.41, 5.74) is 4.56. The molecule has 2 aromatic carbocycles. The van der Waals surface area contributed by atoms with Gasteiger partial charge >= 0.3 is 0 Å². The third-order valence-electron chi connectivity index (χ3n) is 8.21. The highest BCUT2D eigenvalue weighted by Crippen LogP contribution is 2.39. The quantitative estimate of drug-likeness (QED) is 0.405. The Morgan fingerprint density at radius 1 is 1.18 bits per heavy atom. The largest absolute Gasteiger partial charge is 0.490 e. The zero-order chi connectivity index (χ0) is 28.1. The van der Waals surface area contributed by atoms with Gasteiger partial charge in [0.1, 0.15) is 18.6 Å². The van der Waals surface area contributed by atoms with E-state index in [1.165, 1.54) is 16.7 Å². The van der Waals surface area contributed by atoms with Gasteiger partial charge in [0, 0.05) is 29.7 Å². The Morgan fingerprint density at radius 3 is 2.67 bits per heavy atom. The van der Waals surface area contributed by atoms with Crippen molar-refractivity contribution in [1.82, 2.24) is 15.1 Å². The lowest BCUT2D eigenvalue weighted by molar-refractivity contribution is -0.109. The number of aldehydes is 1. The Labute approximate surface area is 243 Å². The van der Waals surface area contributed by atoms with Crippen LogP contribution in [-0.2, 0) is 16.9 Å². The summed E-state index contributed by atoms with van der Waals surface area (Å²) < 4.78 is 6.21. The molecule has 40 heavy (non-hydrogen) atoms. The van der Waals surface area contributed by atoms with Crippen molar-refractivity contribution in [3.05, 3.63) is 94.2 Å². The lowest BCUT2D eigenvalue weighted by Gasteiger charge is -2.38. The number of hydrogen-bond acceptors (Lipinski definition) is 6. The van der Waals surface area contributed by atoms with Gasteiger partial charge in [0.15, 0.2) is 0 Å². The number of nitrogens with zero attached hydrogens (tertiary/aromatic N) is 2. The number of rotatable bonds is 9. The SMILES string of the molecule is CC(C)(O)c1ccc2c(c1)/C(=C/CCN1CCC(N(CC=O)Cc3ccc(Cl)cc3)CC1)C1=CC=CNC1CO2. The van der Waals surface area contributed by atoms with Crippen LogP contribution in [0.4, 0.5) is 0 Å². The van der Waals surface area contributed by atoms with Crippen LogP contribution in [0, 0.1) is 0 Å². The van der Waals surface area contributed by atoms with Crippen molar-refractivity contribution in [2.45, 2.75) is 57.3 Å². The number of halogens is 1. The van der Waals surface area contributed by atoms with E-state index in [-0.39, 0.29) is 6.04 Å². The van der Waals surface area contributed by atoms with Gasteiger partial charge in [-0.25, -0.2) is 0 Å². The van der Waals surface area contributed by atoms with E-state index in [4.69, 9.17) is 16.3 Å². The van der Waals surface area contributed by atoms with Crippen LogP contribution in [0.15, 0.2) is 72.5 Å². The smallest absolute Gasteiger partial charge is 0.134 e. The molecule has 0 bridgehead atoms. The second kappa shape index (κ2) is 12.7. The predicted octanol–water partition coefficient (Wildman–Crippen LogP) is 5.31. The molecule has 3 aliphatic heterocycles. The fourth-order valence-corrected chi connectivity index (χ4v) is 6.04. The van der Waals surface area contributed by atoms with Crippen LogP contribution >= 0.6 is 11.6 Å². The molecule has 3 aliphatic rings. The van der Waals surface area contributed by atoms with Gasteiger partial charge in [-0.15, -0.1) is 0 Å². The molecule has 0 spiro atoms. The molecule has 0 radical (unpaired) electrons. The lowest BCUT2D eigenvalue weighted by Crippen LogP contribution is -2.45. The van der Waals surface area contributed by atoms with E-state index in [0.717, 1.165) is 73.6 Å². The summed E-state index contributed by atoms with van der Waals surface area (Å²) in [4.78, 5) is 16.3. The van der Waals surface area contributed by atoms with Crippen molar-refractivity contribution in [2.24, 2.45) is 0 Å². The van der Waals surface area contributed by atoms with Crippen molar-refractivity contribution in [3.63, 3.8) is 0 Å². The first-order valence-electron chi connectivity index (χ1n) is 14.3. The summed E-state index contributed by atoms with van der Waals surface area (Å²) in [7, 11) is 0. The zero-order valence-corrected chi connectivity index (χ0v) is 24.2. The molecule has 7 heteroatoms. The minimum absolute atomic E-state index is 0.0921. The second-order valence-corrected chi connectivity index (χ2v) is 11.9. The van der Waals surface area contributed by atoms with E-state index < -0.39 is 5.60 Å². The summed E-state index contributed by atoms with van der Waals surface area (Å²) in [6.45, 7) is 8.42. The van der Waals surface area contributed by atoms with Crippen LogP contribution in [0.1, 0.15) is 49.8 Å². The average molecular weight is 562 g/mol. The molecule has 1 saturated heterocycles. The van der Waals surface area contributed by atoms with Gasteiger partial charge in [-0.2, -0.15) is 0 Å². The molecule has 0 saturated carbocycles. The fraction of sp³-hybridized carbons (Fsp3) is 0.424. The number of dihydropyridines is 1. The topological polar surface area (TPSA) is 65.0 Å². The first-order valence-corrected chi connectivity index (χ1v) is 14.7. The molecule has 2 N–H and O–H groups in total. The first kappa shape index (κ1) is 28.6. The van der Waals surface area contributed by atoms with Crippen LogP contribution < -0.4 is 10.1 Å². The van der Waals surface area contributed by atoms with Gasteiger partial charge in [-0.05, 0) is 105 Å². The van der Waals surface area contributed by atoms with Crippen molar-refractivity contribution in [3.8, 4) is 5.75 Å².